The molecule has 31 heavy (non-hydrogen) atoms. The Morgan fingerprint density at radius 2 is 1.87 bits per heavy atom. The van der Waals surface area contributed by atoms with Gasteiger partial charge >= 0.3 is 0 Å². The van der Waals surface area contributed by atoms with E-state index < -0.39 is 0 Å². The van der Waals surface area contributed by atoms with Gasteiger partial charge in [0.15, 0.2) is 0 Å². The van der Waals surface area contributed by atoms with Crippen molar-refractivity contribution >= 4 is 16.7 Å². The lowest BCUT2D eigenvalue weighted by molar-refractivity contribution is 0.325. The molecule has 170 valence electrons. The van der Waals surface area contributed by atoms with E-state index in [1.54, 1.807) is 36.3 Å². The lowest BCUT2D eigenvalue weighted by Crippen LogP contribution is -2.20. The molecule has 6 nitrogen and oxygen atoms in total. The first-order chi connectivity index (χ1) is 14.9. The Hall–Kier alpha value is -2.60. The van der Waals surface area contributed by atoms with Gasteiger partial charge in [0, 0.05) is 37.0 Å². The van der Waals surface area contributed by atoms with Gasteiger partial charge in [0.05, 0.1) is 17.3 Å². The molecule has 0 aliphatic carbocycles. The molecule has 0 aromatic carbocycles. The monoisotopic (exact) mass is 426 g/mol. The molecule has 0 spiro atoms. The van der Waals surface area contributed by atoms with Gasteiger partial charge in [0.1, 0.15) is 11.3 Å². The predicted octanol–water partition coefficient (Wildman–Crippen LogP) is 5.25. The van der Waals surface area contributed by atoms with Crippen molar-refractivity contribution in [2.24, 2.45) is 7.05 Å². The Labute approximate surface area is 186 Å². The second-order valence-electron chi connectivity index (χ2n) is 8.09. The van der Waals surface area contributed by atoms with Crippen molar-refractivity contribution < 1.29 is 4.42 Å². The number of nitrogen functional groups attached to an aromatic ring is 1. The minimum absolute atomic E-state index is 0.0696. The van der Waals surface area contributed by atoms with Gasteiger partial charge in [0.25, 0.3) is 5.56 Å². The van der Waals surface area contributed by atoms with Crippen LogP contribution in [0.4, 0.5) is 5.69 Å². The van der Waals surface area contributed by atoms with Crippen LogP contribution >= 0.6 is 0 Å². The van der Waals surface area contributed by atoms with Gasteiger partial charge in [-0.05, 0) is 45.1 Å². The Morgan fingerprint density at radius 3 is 2.52 bits per heavy atom. The lowest BCUT2D eigenvalue weighted by atomic mass is 10.1. The van der Waals surface area contributed by atoms with Gasteiger partial charge in [-0.25, -0.2) is 0 Å². The molecule has 0 aliphatic rings. The number of nitrogens with two attached hydrogens (primary N) is 1. The maximum atomic E-state index is 12.2. The summed E-state index contributed by atoms with van der Waals surface area (Å²) in [6, 6.07) is 3.63. The lowest BCUT2D eigenvalue weighted by Gasteiger charge is -2.14. The number of aromatic nitrogens is 2. The molecule has 0 saturated carbocycles. The molecule has 6 heteroatoms. The summed E-state index contributed by atoms with van der Waals surface area (Å²) in [6.07, 6.45) is 12.6. The standard InChI is InChI=1S/C15H15N3O2.C10H23N/c1-3-9-6-11-14(20-9)12(8-18(2)15(11)19)10-4-5-17-7-13(10)16;1-4-6-7-8-10-11(3)9-5-2/h4-8H,3,16H2,1-2H3;4-10H2,1-3H3. The molecule has 3 aromatic rings. The van der Waals surface area contributed by atoms with Gasteiger partial charge in [-0.3, -0.25) is 9.78 Å². The number of unbranched alkanes of at least 4 members (excludes halogenated alkanes) is 3. The van der Waals surface area contributed by atoms with Crippen LogP contribution in [0.2, 0.25) is 0 Å². The van der Waals surface area contributed by atoms with Crippen LogP contribution in [-0.4, -0.2) is 34.6 Å². The highest BCUT2D eigenvalue weighted by Crippen LogP contribution is 2.32. The molecule has 0 radical (unpaired) electrons. The van der Waals surface area contributed by atoms with Crippen LogP contribution in [0.5, 0.6) is 0 Å². The number of rotatable bonds is 9. The summed E-state index contributed by atoms with van der Waals surface area (Å²) in [5.74, 6) is 0.789. The highest BCUT2D eigenvalue weighted by molar-refractivity contribution is 5.94. The zero-order valence-electron chi connectivity index (χ0n) is 19.8. The molecule has 0 unspecified atom stereocenters. The Bertz CT molecular complexity index is 1010. The fraction of sp³-hybridized carbons (Fsp3) is 0.520. The minimum atomic E-state index is -0.0696. The molecule has 0 saturated heterocycles. The number of aryl methyl sites for hydroxylation is 2. The highest BCUT2D eigenvalue weighted by atomic mass is 16.3. The van der Waals surface area contributed by atoms with E-state index in [9.17, 15) is 4.79 Å². The second kappa shape index (κ2) is 12.3. The van der Waals surface area contributed by atoms with Crippen LogP contribution in [0.25, 0.3) is 22.1 Å². The van der Waals surface area contributed by atoms with Crippen molar-refractivity contribution in [3.63, 3.8) is 0 Å². The van der Waals surface area contributed by atoms with Crippen molar-refractivity contribution in [1.82, 2.24) is 14.5 Å². The van der Waals surface area contributed by atoms with E-state index in [-0.39, 0.29) is 5.56 Å². The van der Waals surface area contributed by atoms with Crippen molar-refractivity contribution in [3.8, 4) is 11.1 Å². The van der Waals surface area contributed by atoms with Crippen molar-refractivity contribution in [2.75, 3.05) is 25.9 Å². The topological polar surface area (TPSA) is 77.3 Å². The molecule has 3 rings (SSSR count). The van der Waals surface area contributed by atoms with Gasteiger partial charge in [-0.2, -0.15) is 0 Å². The van der Waals surface area contributed by atoms with Crippen LogP contribution in [0, 0.1) is 0 Å². The maximum absolute atomic E-state index is 12.2. The third-order valence-electron chi connectivity index (χ3n) is 5.39. The molecule has 2 N–H and O–H groups in total. The molecular weight excluding hydrogens is 388 g/mol. The number of pyridine rings is 2. The quantitative estimate of drug-likeness (QED) is 0.473. The fourth-order valence-corrected chi connectivity index (χ4v) is 3.62. The molecule has 0 fully saturated rings. The van der Waals surface area contributed by atoms with Crippen LogP contribution in [0.1, 0.15) is 58.6 Å². The minimum Gasteiger partial charge on any atom is -0.460 e. The average Bonchev–Trinajstić information content (AvgIpc) is 3.20. The van der Waals surface area contributed by atoms with E-state index in [2.05, 4.69) is 30.8 Å². The summed E-state index contributed by atoms with van der Waals surface area (Å²) >= 11 is 0. The molecule has 0 amide bonds. The van der Waals surface area contributed by atoms with E-state index in [1.165, 1.54) is 45.2 Å². The van der Waals surface area contributed by atoms with Crippen molar-refractivity contribution in [1.29, 1.82) is 0 Å². The van der Waals surface area contributed by atoms with Crippen LogP contribution < -0.4 is 11.3 Å². The second-order valence-corrected chi connectivity index (χ2v) is 8.09. The van der Waals surface area contributed by atoms with Crippen molar-refractivity contribution in [3.05, 3.63) is 46.8 Å². The fourth-order valence-electron chi connectivity index (χ4n) is 3.62. The first-order valence-corrected chi connectivity index (χ1v) is 11.4. The number of furan rings is 1. The highest BCUT2D eigenvalue weighted by Gasteiger charge is 2.15. The zero-order chi connectivity index (χ0) is 22.8. The first-order valence-electron chi connectivity index (χ1n) is 11.4. The first kappa shape index (κ1) is 24.7. The van der Waals surface area contributed by atoms with E-state index in [4.69, 9.17) is 10.2 Å². The number of nitrogens with zero attached hydrogens (tertiary/aromatic N) is 3. The Morgan fingerprint density at radius 1 is 1.10 bits per heavy atom. The SMILES string of the molecule is CCCCCCN(C)CCC.CCc1cc2c(=O)n(C)cc(-c3ccncc3N)c2o1. The Balaban J connectivity index is 0.000000267. The number of hydrogen-bond donors (Lipinski definition) is 1. The van der Waals surface area contributed by atoms with Gasteiger partial charge in [-0.1, -0.05) is 40.0 Å². The number of hydrogen-bond acceptors (Lipinski definition) is 5. The molecule has 3 aromatic heterocycles. The van der Waals surface area contributed by atoms with E-state index in [0.717, 1.165) is 23.3 Å². The van der Waals surface area contributed by atoms with E-state index in [0.29, 0.717) is 16.7 Å². The van der Waals surface area contributed by atoms with E-state index in [1.807, 2.05) is 13.0 Å². The third-order valence-corrected chi connectivity index (χ3v) is 5.39. The number of anilines is 1. The largest absolute Gasteiger partial charge is 0.460 e. The van der Waals surface area contributed by atoms with Gasteiger partial charge in [0.2, 0.25) is 0 Å². The normalized spacial score (nSPS) is 11.0. The van der Waals surface area contributed by atoms with Crippen molar-refractivity contribution in [2.45, 2.75) is 59.3 Å². The maximum Gasteiger partial charge on any atom is 0.261 e. The predicted molar refractivity (Wildman–Crippen MR) is 130 cm³/mol. The third kappa shape index (κ3) is 6.69. The molecule has 0 bridgehead atoms. The molecular formula is C25H38N4O2. The Kier molecular flexibility index (Phi) is 9.79. The summed E-state index contributed by atoms with van der Waals surface area (Å²) in [4.78, 5) is 18.6. The summed E-state index contributed by atoms with van der Waals surface area (Å²) in [5.41, 5.74) is 8.68. The van der Waals surface area contributed by atoms with E-state index >= 15 is 0 Å². The summed E-state index contributed by atoms with van der Waals surface area (Å²) < 4.78 is 7.35. The van der Waals surface area contributed by atoms with Gasteiger partial charge in [-0.15, -0.1) is 0 Å². The molecule has 0 atom stereocenters. The smallest absolute Gasteiger partial charge is 0.261 e. The summed E-state index contributed by atoms with van der Waals surface area (Å²) in [6.45, 7) is 9.03. The van der Waals surface area contributed by atoms with Gasteiger partial charge < -0.3 is 19.6 Å². The summed E-state index contributed by atoms with van der Waals surface area (Å²) in [5, 5.41) is 0.582. The molecule has 0 aliphatic heterocycles. The van der Waals surface area contributed by atoms with Crippen LogP contribution in [-0.2, 0) is 13.5 Å². The van der Waals surface area contributed by atoms with Crippen LogP contribution in [0.3, 0.4) is 0 Å². The zero-order valence-corrected chi connectivity index (χ0v) is 19.8. The molecule has 3 heterocycles. The summed E-state index contributed by atoms with van der Waals surface area (Å²) in [7, 11) is 3.94. The average molecular weight is 427 g/mol. The van der Waals surface area contributed by atoms with Crippen LogP contribution in [0.15, 0.2) is 39.9 Å². The number of fused-ring (bicyclic) bond motifs is 1.